The number of hydrogen-bond donors (Lipinski definition) is 1. The standard InChI is InChI=1S/C20H23FN4O2S/c1-5-25-18(17-10-11-27-13(17)3)23-24-20(25)28-14(4)19(26)22-12(2)15-6-8-16(21)9-7-15/h6-12,14H,5H2,1-4H3,(H,22,26)/t12-,14+/m1/s1. The predicted molar refractivity (Wildman–Crippen MR) is 106 cm³/mol. The lowest BCUT2D eigenvalue weighted by molar-refractivity contribution is -0.120. The molecule has 0 saturated carbocycles. The summed E-state index contributed by atoms with van der Waals surface area (Å²) in [7, 11) is 0. The molecule has 148 valence electrons. The molecule has 0 bridgehead atoms. The van der Waals surface area contributed by atoms with E-state index in [9.17, 15) is 9.18 Å². The number of halogens is 1. The van der Waals surface area contributed by atoms with Gasteiger partial charge in [-0.25, -0.2) is 4.39 Å². The van der Waals surface area contributed by atoms with Gasteiger partial charge in [0.15, 0.2) is 11.0 Å². The number of furan rings is 1. The highest BCUT2D eigenvalue weighted by molar-refractivity contribution is 8.00. The van der Waals surface area contributed by atoms with Crippen molar-refractivity contribution in [2.75, 3.05) is 0 Å². The number of nitrogens with one attached hydrogen (secondary N) is 1. The summed E-state index contributed by atoms with van der Waals surface area (Å²) in [6.45, 7) is 8.26. The van der Waals surface area contributed by atoms with Crippen molar-refractivity contribution in [1.29, 1.82) is 0 Å². The van der Waals surface area contributed by atoms with Crippen LogP contribution in [-0.4, -0.2) is 25.9 Å². The van der Waals surface area contributed by atoms with Crippen molar-refractivity contribution in [2.45, 2.75) is 50.7 Å². The highest BCUT2D eigenvalue weighted by atomic mass is 32.2. The van der Waals surface area contributed by atoms with Crippen LogP contribution in [0.4, 0.5) is 4.39 Å². The number of amides is 1. The van der Waals surface area contributed by atoms with Crippen LogP contribution < -0.4 is 5.32 Å². The summed E-state index contributed by atoms with van der Waals surface area (Å²) < 4.78 is 20.4. The Hall–Kier alpha value is -2.61. The van der Waals surface area contributed by atoms with Crippen LogP contribution in [0, 0.1) is 12.7 Å². The van der Waals surface area contributed by atoms with Gasteiger partial charge in [-0.15, -0.1) is 10.2 Å². The highest BCUT2D eigenvalue weighted by Crippen LogP contribution is 2.29. The Morgan fingerprint density at radius 2 is 1.96 bits per heavy atom. The molecule has 0 aliphatic heterocycles. The smallest absolute Gasteiger partial charge is 0.233 e. The minimum absolute atomic E-state index is 0.117. The molecule has 1 amide bonds. The zero-order valence-corrected chi connectivity index (χ0v) is 17.1. The lowest BCUT2D eigenvalue weighted by atomic mass is 10.1. The van der Waals surface area contributed by atoms with Crippen LogP contribution in [0.1, 0.15) is 38.1 Å². The molecule has 0 aliphatic rings. The molecule has 2 heterocycles. The topological polar surface area (TPSA) is 73.0 Å². The second-order valence-electron chi connectivity index (χ2n) is 6.48. The van der Waals surface area contributed by atoms with E-state index in [1.54, 1.807) is 18.4 Å². The number of rotatable bonds is 7. The minimum atomic E-state index is -0.365. The van der Waals surface area contributed by atoms with E-state index in [2.05, 4.69) is 15.5 Å². The average molecular weight is 402 g/mol. The monoisotopic (exact) mass is 402 g/mol. The molecule has 0 fully saturated rings. The SMILES string of the molecule is CCn1c(S[C@@H](C)C(=O)N[C@H](C)c2ccc(F)cc2)nnc1-c1ccoc1C. The van der Waals surface area contributed by atoms with Crippen LogP contribution in [0.25, 0.3) is 11.4 Å². The summed E-state index contributed by atoms with van der Waals surface area (Å²) >= 11 is 1.35. The van der Waals surface area contributed by atoms with Crippen molar-refractivity contribution in [3.63, 3.8) is 0 Å². The second kappa shape index (κ2) is 8.60. The summed E-state index contributed by atoms with van der Waals surface area (Å²) in [5.74, 6) is 1.09. The molecule has 8 heteroatoms. The minimum Gasteiger partial charge on any atom is -0.469 e. The van der Waals surface area contributed by atoms with Crippen LogP contribution in [0.15, 0.2) is 46.2 Å². The fourth-order valence-corrected chi connectivity index (χ4v) is 3.78. The summed E-state index contributed by atoms with van der Waals surface area (Å²) in [5.41, 5.74) is 1.74. The quantitative estimate of drug-likeness (QED) is 0.594. The molecule has 28 heavy (non-hydrogen) atoms. The maximum Gasteiger partial charge on any atom is 0.233 e. The number of hydrogen-bond acceptors (Lipinski definition) is 5. The number of aryl methyl sites for hydroxylation is 1. The van der Waals surface area contributed by atoms with Gasteiger partial charge in [-0.3, -0.25) is 4.79 Å². The summed E-state index contributed by atoms with van der Waals surface area (Å²) in [4.78, 5) is 12.6. The first-order chi connectivity index (χ1) is 13.4. The predicted octanol–water partition coefficient (Wildman–Crippen LogP) is 4.36. The van der Waals surface area contributed by atoms with Crippen LogP contribution in [-0.2, 0) is 11.3 Å². The number of aromatic nitrogens is 3. The molecule has 3 rings (SSSR count). The van der Waals surface area contributed by atoms with Crippen molar-refractivity contribution >= 4 is 17.7 Å². The number of nitrogens with zero attached hydrogens (tertiary/aromatic N) is 3. The van der Waals surface area contributed by atoms with Crippen LogP contribution in [0.5, 0.6) is 0 Å². The number of carbonyl (C=O) groups is 1. The molecule has 1 N–H and O–H groups in total. The van der Waals surface area contributed by atoms with Crippen LogP contribution in [0.3, 0.4) is 0 Å². The Kier molecular flexibility index (Phi) is 6.18. The molecule has 3 aromatic rings. The fourth-order valence-electron chi connectivity index (χ4n) is 2.85. The number of thioether (sulfide) groups is 1. The van der Waals surface area contributed by atoms with Gasteiger partial charge < -0.3 is 14.3 Å². The lowest BCUT2D eigenvalue weighted by Gasteiger charge is -2.17. The van der Waals surface area contributed by atoms with E-state index in [1.807, 2.05) is 38.3 Å². The molecule has 0 aliphatic carbocycles. The van der Waals surface area contributed by atoms with E-state index in [0.29, 0.717) is 11.7 Å². The molecule has 1 aromatic carbocycles. The van der Waals surface area contributed by atoms with E-state index < -0.39 is 0 Å². The molecule has 6 nitrogen and oxygen atoms in total. The van der Waals surface area contributed by atoms with E-state index in [4.69, 9.17) is 4.42 Å². The van der Waals surface area contributed by atoms with Crippen molar-refractivity contribution in [3.8, 4) is 11.4 Å². The third-order valence-electron chi connectivity index (χ3n) is 4.51. The normalized spacial score (nSPS) is 13.3. The van der Waals surface area contributed by atoms with Gasteiger partial charge in [0.2, 0.25) is 5.91 Å². The average Bonchev–Trinajstić information content (AvgIpc) is 3.27. The molecular formula is C20H23FN4O2S. The van der Waals surface area contributed by atoms with Gasteiger partial charge in [0.05, 0.1) is 23.1 Å². The lowest BCUT2D eigenvalue weighted by Crippen LogP contribution is -2.33. The van der Waals surface area contributed by atoms with E-state index >= 15 is 0 Å². The van der Waals surface area contributed by atoms with Crippen LogP contribution in [0.2, 0.25) is 0 Å². The van der Waals surface area contributed by atoms with Gasteiger partial charge >= 0.3 is 0 Å². The Morgan fingerprint density at radius 1 is 1.25 bits per heavy atom. The van der Waals surface area contributed by atoms with E-state index in [-0.39, 0.29) is 23.0 Å². The van der Waals surface area contributed by atoms with Gasteiger partial charge in [0.1, 0.15) is 11.6 Å². The third kappa shape index (κ3) is 4.27. The summed E-state index contributed by atoms with van der Waals surface area (Å²) in [5, 5.41) is 11.8. The number of carbonyl (C=O) groups excluding carboxylic acids is 1. The van der Waals surface area contributed by atoms with E-state index in [1.165, 1.54) is 23.9 Å². The first-order valence-electron chi connectivity index (χ1n) is 9.10. The summed E-state index contributed by atoms with van der Waals surface area (Å²) in [6, 6.07) is 7.76. The van der Waals surface area contributed by atoms with Gasteiger partial charge in [-0.2, -0.15) is 0 Å². The maximum absolute atomic E-state index is 13.1. The third-order valence-corrected chi connectivity index (χ3v) is 5.59. The van der Waals surface area contributed by atoms with Gasteiger partial charge in [-0.05, 0) is 51.5 Å². The Labute approximate surface area is 167 Å². The molecule has 0 spiro atoms. The van der Waals surface area contributed by atoms with Crippen LogP contribution >= 0.6 is 11.8 Å². The first kappa shape index (κ1) is 20.1. The van der Waals surface area contributed by atoms with Crippen molar-refractivity contribution in [2.24, 2.45) is 0 Å². The molecule has 2 aromatic heterocycles. The molecule has 0 saturated heterocycles. The Bertz CT molecular complexity index is 952. The fraction of sp³-hybridized carbons (Fsp3) is 0.350. The molecular weight excluding hydrogens is 379 g/mol. The van der Waals surface area contributed by atoms with Crippen molar-refractivity contribution in [1.82, 2.24) is 20.1 Å². The highest BCUT2D eigenvalue weighted by Gasteiger charge is 2.22. The van der Waals surface area contributed by atoms with Gasteiger partial charge in [-0.1, -0.05) is 23.9 Å². The van der Waals surface area contributed by atoms with Crippen molar-refractivity contribution in [3.05, 3.63) is 53.7 Å². The first-order valence-corrected chi connectivity index (χ1v) is 9.98. The van der Waals surface area contributed by atoms with Gasteiger partial charge in [0, 0.05) is 6.54 Å². The second-order valence-corrected chi connectivity index (χ2v) is 7.79. The van der Waals surface area contributed by atoms with Gasteiger partial charge in [0.25, 0.3) is 0 Å². The number of benzene rings is 1. The van der Waals surface area contributed by atoms with Crippen molar-refractivity contribution < 1.29 is 13.6 Å². The maximum atomic E-state index is 13.1. The van der Waals surface area contributed by atoms with E-state index in [0.717, 1.165) is 22.7 Å². The zero-order chi connectivity index (χ0) is 20.3. The summed E-state index contributed by atoms with van der Waals surface area (Å²) in [6.07, 6.45) is 1.62. The zero-order valence-electron chi connectivity index (χ0n) is 16.3. The molecule has 0 radical (unpaired) electrons. The largest absolute Gasteiger partial charge is 0.469 e. The molecule has 2 atom stereocenters. The molecule has 0 unspecified atom stereocenters. The Balaban J connectivity index is 1.69. The Morgan fingerprint density at radius 3 is 2.57 bits per heavy atom.